The molecule has 9 heteroatoms. The molecule has 0 unspecified atom stereocenters. The van der Waals surface area contributed by atoms with Gasteiger partial charge >= 0.3 is 0 Å². The highest BCUT2D eigenvalue weighted by Crippen LogP contribution is 2.29. The molecule has 0 aliphatic heterocycles. The van der Waals surface area contributed by atoms with Gasteiger partial charge in [-0.15, -0.1) is 0 Å². The summed E-state index contributed by atoms with van der Waals surface area (Å²) in [7, 11) is 0. The minimum atomic E-state index is -1.76. The van der Waals surface area contributed by atoms with E-state index < -0.39 is 9.96 Å². The third kappa shape index (κ3) is 7.90. The van der Waals surface area contributed by atoms with Crippen molar-refractivity contribution in [3.63, 3.8) is 0 Å². The molecule has 1 aromatic carbocycles. The molecule has 4 nitrogen and oxygen atoms in total. The fourth-order valence-electron chi connectivity index (χ4n) is 1.64. The zero-order valence-electron chi connectivity index (χ0n) is 12.5. The molecule has 0 heterocycles. The Hall–Kier alpha value is -0.270. The van der Waals surface area contributed by atoms with Crippen molar-refractivity contribution >= 4 is 79.7 Å². The average Bonchev–Trinajstić information content (AvgIpc) is 2.38. The third-order valence-electron chi connectivity index (χ3n) is 2.62. The standard InChI is InChI=1S/C14H17BrCl3N3OS/c1-8(2)7-11(22)20-12(14(16,17)18)21-13(23)19-10-6-4-3-5-9(10)15/h3-6,8,12H,7H2,1-2H3,(H,20,22)(H2,19,21,23)/t12-/m1/s1. The van der Waals surface area contributed by atoms with Crippen LogP contribution in [0.2, 0.25) is 0 Å². The lowest BCUT2D eigenvalue weighted by atomic mass is 10.1. The summed E-state index contributed by atoms with van der Waals surface area (Å²) in [4.78, 5) is 11.9. The molecule has 0 bridgehead atoms. The number of anilines is 1. The summed E-state index contributed by atoms with van der Waals surface area (Å²) in [5.74, 6) is -0.0381. The third-order valence-corrected chi connectivity index (χ3v) is 4.19. The molecule has 23 heavy (non-hydrogen) atoms. The van der Waals surface area contributed by atoms with Gasteiger partial charge in [0.05, 0.1) is 5.69 Å². The Morgan fingerprint density at radius 2 is 1.87 bits per heavy atom. The number of benzene rings is 1. The maximum absolute atomic E-state index is 11.9. The van der Waals surface area contributed by atoms with Crippen molar-refractivity contribution in [1.29, 1.82) is 0 Å². The fraction of sp³-hybridized carbons (Fsp3) is 0.429. The number of alkyl halides is 3. The molecule has 1 rings (SSSR count). The van der Waals surface area contributed by atoms with Crippen LogP contribution < -0.4 is 16.0 Å². The Kier molecular flexibility index (Phi) is 8.38. The molecular formula is C14H17BrCl3N3OS. The van der Waals surface area contributed by atoms with Gasteiger partial charge in [0.2, 0.25) is 9.70 Å². The molecule has 128 valence electrons. The van der Waals surface area contributed by atoms with Gasteiger partial charge in [-0.1, -0.05) is 60.8 Å². The Bertz CT molecular complexity index is 566. The molecule has 0 aliphatic carbocycles. The zero-order chi connectivity index (χ0) is 17.6. The normalized spacial score (nSPS) is 12.7. The molecule has 3 N–H and O–H groups in total. The molecular weight excluding hydrogens is 445 g/mol. The van der Waals surface area contributed by atoms with E-state index in [1.807, 2.05) is 38.1 Å². The minimum Gasteiger partial charge on any atom is -0.339 e. The minimum absolute atomic E-state index is 0.191. The Morgan fingerprint density at radius 1 is 1.26 bits per heavy atom. The van der Waals surface area contributed by atoms with Gasteiger partial charge in [-0.2, -0.15) is 0 Å². The average molecular weight is 462 g/mol. The first-order chi connectivity index (χ1) is 10.6. The number of rotatable bonds is 5. The maximum Gasteiger partial charge on any atom is 0.228 e. The number of amides is 1. The lowest BCUT2D eigenvalue weighted by Gasteiger charge is -2.28. The van der Waals surface area contributed by atoms with Crippen LogP contribution in [0.1, 0.15) is 20.3 Å². The van der Waals surface area contributed by atoms with E-state index in [1.165, 1.54) is 0 Å². The van der Waals surface area contributed by atoms with Crippen LogP contribution in [0.15, 0.2) is 28.7 Å². The summed E-state index contributed by atoms with van der Waals surface area (Å²) >= 11 is 26.4. The van der Waals surface area contributed by atoms with Crippen LogP contribution in [0.5, 0.6) is 0 Å². The predicted octanol–water partition coefficient (Wildman–Crippen LogP) is 4.59. The molecule has 0 saturated carbocycles. The quantitative estimate of drug-likeness (QED) is 0.341. The lowest BCUT2D eigenvalue weighted by Crippen LogP contribution is -2.56. The van der Waals surface area contributed by atoms with Crippen molar-refractivity contribution < 1.29 is 4.79 Å². The highest BCUT2D eigenvalue weighted by atomic mass is 79.9. The second kappa shape index (κ2) is 9.28. The largest absolute Gasteiger partial charge is 0.339 e. The Balaban J connectivity index is 2.72. The number of halogens is 4. The second-order valence-corrected chi connectivity index (χ2v) is 8.85. The summed E-state index contributed by atoms with van der Waals surface area (Å²) in [6.07, 6.45) is -0.634. The first-order valence-electron chi connectivity index (χ1n) is 6.77. The predicted molar refractivity (Wildman–Crippen MR) is 105 cm³/mol. The molecule has 0 fully saturated rings. The highest BCUT2D eigenvalue weighted by molar-refractivity contribution is 9.10. The Labute approximate surface area is 164 Å². The number of para-hydroxylation sites is 1. The first-order valence-corrected chi connectivity index (χ1v) is 9.11. The van der Waals surface area contributed by atoms with Gasteiger partial charge in [0.25, 0.3) is 0 Å². The number of carbonyl (C=O) groups is 1. The first kappa shape index (κ1) is 20.8. The van der Waals surface area contributed by atoms with Crippen molar-refractivity contribution in [2.75, 3.05) is 5.32 Å². The molecule has 1 amide bonds. The van der Waals surface area contributed by atoms with Gasteiger partial charge in [-0.05, 0) is 46.2 Å². The van der Waals surface area contributed by atoms with Gasteiger partial charge in [-0.3, -0.25) is 4.79 Å². The van der Waals surface area contributed by atoms with Crippen molar-refractivity contribution in [3.8, 4) is 0 Å². The molecule has 0 spiro atoms. The topological polar surface area (TPSA) is 53.2 Å². The van der Waals surface area contributed by atoms with Crippen molar-refractivity contribution in [2.45, 2.75) is 30.2 Å². The molecule has 1 atom stereocenters. The smallest absolute Gasteiger partial charge is 0.228 e. The van der Waals surface area contributed by atoms with Gasteiger partial charge in [-0.25, -0.2) is 0 Å². The Morgan fingerprint density at radius 3 is 2.39 bits per heavy atom. The van der Waals surface area contributed by atoms with Crippen molar-refractivity contribution in [1.82, 2.24) is 10.6 Å². The van der Waals surface area contributed by atoms with E-state index in [-0.39, 0.29) is 16.9 Å². The van der Waals surface area contributed by atoms with Crippen LogP contribution in [0.3, 0.4) is 0 Å². The van der Waals surface area contributed by atoms with E-state index in [9.17, 15) is 4.79 Å². The lowest BCUT2D eigenvalue weighted by molar-refractivity contribution is -0.122. The van der Waals surface area contributed by atoms with E-state index in [4.69, 9.17) is 47.0 Å². The summed E-state index contributed by atoms with van der Waals surface area (Å²) in [6.45, 7) is 3.85. The van der Waals surface area contributed by atoms with Crippen LogP contribution in [0.4, 0.5) is 5.69 Å². The van der Waals surface area contributed by atoms with E-state index in [0.29, 0.717) is 6.42 Å². The van der Waals surface area contributed by atoms with E-state index in [0.717, 1.165) is 10.2 Å². The molecule has 0 radical (unpaired) electrons. The molecule has 1 aromatic rings. The van der Waals surface area contributed by atoms with Crippen molar-refractivity contribution in [3.05, 3.63) is 28.7 Å². The monoisotopic (exact) mass is 459 g/mol. The van der Waals surface area contributed by atoms with Crippen LogP contribution in [0, 0.1) is 5.92 Å². The second-order valence-electron chi connectivity index (χ2n) is 5.22. The van der Waals surface area contributed by atoms with Gasteiger partial charge in [0.15, 0.2) is 5.11 Å². The molecule has 0 saturated heterocycles. The van der Waals surface area contributed by atoms with Crippen molar-refractivity contribution in [2.24, 2.45) is 5.92 Å². The fourth-order valence-corrected chi connectivity index (χ4v) is 2.58. The number of thiocarbonyl (C=S) groups is 1. The summed E-state index contributed by atoms with van der Waals surface area (Å²) in [6, 6.07) is 7.43. The van der Waals surface area contributed by atoms with E-state index in [2.05, 4.69) is 31.9 Å². The van der Waals surface area contributed by atoms with Gasteiger partial charge < -0.3 is 16.0 Å². The molecule has 0 aromatic heterocycles. The highest BCUT2D eigenvalue weighted by Gasteiger charge is 2.34. The maximum atomic E-state index is 11.9. The number of nitrogens with one attached hydrogen (secondary N) is 3. The SMILES string of the molecule is CC(C)CC(=O)N[C@H](NC(=S)Nc1ccccc1Br)C(Cl)(Cl)Cl. The van der Waals surface area contributed by atoms with E-state index in [1.54, 1.807) is 0 Å². The summed E-state index contributed by atoms with van der Waals surface area (Å²) in [5, 5.41) is 8.64. The van der Waals surface area contributed by atoms with Crippen LogP contribution in [0.25, 0.3) is 0 Å². The molecule has 0 aliphatic rings. The van der Waals surface area contributed by atoms with E-state index >= 15 is 0 Å². The zero-order valence-corrected chi connectivity index (χ0v) is 17.2. The van der Waals surface area contributed by atoms with Crippen LogP contribution in [-0.4, -0.2) is 21.0 Å². The van der Waals surface area contributed by atoms with Gasteiger partial charge in [0.1, 0.15) is 6.17 Å². The van der Waals surface area contributed by atoms with Crippen LogP contribution in [-0.2, 0) is 4.79 Å². The summed E-state index contributed by atoms with van der Waals surface area (Å²) < 4.78 is -0.926. The van der Waals surface area contributed by atoms with Crippen LogP contribution >= 0.6 is 63.0 Å². The number of carbonyl (C=O) groups excluding carboxylic acids is 1. The number of hydrogen-bond acceptors (Lipinski definition) is 2. The summed E-state index contributed by atoms with van der Waals surface area (Å²) in [5.41, 5.74) is 0.751. The number of hydrogen-bond donors (Lipinski definition) is 3. The van der Waals surface area contributed by atoms with Gasteiger partial charge in [0, 0.05) is 10.9 Å².